The van der Waals surface area contributed by atoms with Gasteiger partial charge < -0.3 is 27.9 Å². The van der Waals surface area contributed by atoms with Crippen LogP contribution in [0.2, 0.25) is 0 Å². The summed E-state index contributed by atoms with van der Waals surface area (Å²) in [7, 11) is 1.38. The smallest absolute Gasteiger partial charge is 0.306 e. The number of unbranched alkanes of at least 4 members (excludes halogenated alkanes) is 40. The Labute approximate surface area is 418 Å². The molecule has 9 heteroatoms. The van der Waals surface area contributed by atoms with Crippen molar-refractivity contribution >= 4 is 13.8 Å². The van der Waals surface area contributed by atoms with Crippen LogP contribution in [0.1, 0.15) is 296 Å². The molecule has 0 aromatic rings. The second-order valence-corrected chi connectivity index (χ2v) is 22.8. The Morgan fingerprint density at radius 2 is 0.776 bits per heavy atom. The average Bonchev–Trinajstić information content (AvgIpc) is 3.29. The molecule has 0 fully saturated rings. The monoisotopic (exact) mass is 970 g/mol. The van der Waals surface area contributed by atoms with Gasteiger partial charge in [-0.15, -0.1) is 0 Å². The molecule has 0 bridgehead atoms. The van der Waals surface area contributed by atoms with Crippen LogP contribution in [-0.4, -0.2) is 70.7 Å². The van der Waals surface area contributed by atoms with Gasteiger partial charge in [-0.25, -0.2) is 0 Å². The molecule has 0 saturated heterocycles. The molecule has 67 heavy (non-hydrogen) atoms. The van der Waals surface area contributed by atoms with E-state index >= 15 is 0 Å². The van der Waals surface area contributed by atoms with Gasteiger partial charge in [-0.1, -0.05) is 264 Å². The molecule has 0 radical (unpaired) electrons. The standard InChI is InChI=1S/C58H116NO7P/c1-6-8-10-12-14-16-18-20-22-24-26-28-29-30-31-32-33-35-37-39-41-43-45-47-49-51-58(60)66-57(56-65-67(61,62)64-54-52-59(3,4)5)55-63-53-50-48-46-44-42-40-38-36-34-27-25-23-21-19-17-15-13-11-9-7-2/h21,23,57H,6-20,22,24-56H2,1-5H3/b23-21-. The van der Waals surface area contributed by atoms with Crippen LogP contribution >= 0.6 is 7.82 Å². The highest BCUT2D eigenvalue weighted by Crippen LogP contribution is 2.38. The molecule has 2 atom stereocenters. The molecule has 0 aromatic heterocycles. The van der Waals surface area contributed by atoms with Crippen molar-refractivity contribution in [3.05, 3.63) is 12.2 Å². The predicted molar refractivity (Wildman–Crippen MR) is 287 cm³/mol. The van der Waals surface area contributed by atoms with Crippen LogP contribution in [0.3, 0.4) is 0 Å². The molecule has 0 amide bonds. The van der Waals surface area contributed by atoms with Crippen molar-refractivity contribution < 1.29 is 37.3 Å². The number of nitrogens with zero attached hydrogens (tertiary/aromatic N) is 1. The number of phosphoric acid groups is 1. The van der Waals surface area contributed by atoms with E-state index < -0.39 is 13.9 Å². The molecule has 0 heterocycles. The first-order chi connectivity index (χ1) is 32.6. The van der Waals surface area contributed by atoms with E-state index in [2.05, 4.69) is 26.0 Å². The van der Waals surface area contributed by atoms with Crippen LogP contribution in [0.25, 0.3) is 0 Å². The van der Waals surface area contributed by atoms with Crippen LogP contribution in [0.4, 0.5) is 0 Å². The number of rotatable bonds is 56. The van der Waals surface area contributed by atoms with E-state index in [0.29, 0.717) is 24.1 Å². The Balaban J connectivity index is 4.01. The van der Waals surface area contributed by atoms with Crippen LogP contribution in [0.15, 0.2) is 12.2 Å². The zero-order valence-corrected chi connectivity index (χ0v) is 46.5. The molecule has 0 aromatic carbocycles. The normalized spacial score (nSPS) is 13.5. The van der Waals surface area contributed by atoms with Gasteiger partial charge in [0.15, 0.2) is 0 Å². The lowest BCUT2D eigenvalue weighted by atomic mass is 10.0. The summed E-state index contributed by atoms with van der Waals surface area (Å²) in [4.78, 5) is 25.3. The fraction of sp³-hybridized carbons (Fsp3) is 0.948. The molecule has 0 aliphatic heterocycles. The molecule has 0 aliphatic carbocycles. The van der Waals surface area contributed by atoms with Crippen molar-refractivity contribution in [1.82, 2.24) is 0 Å². The van der Waals surface area contributed by atoms with Crippen molar-refractivity contribution in [1.29, 1.82) is 0 Å². The van der Waals surface area contributed by atoms with Crippen molar-refractivity contribution in [2.45, 2.75) is 302 Å². The summed E-state index contributed by atoms with van der Waals surface area (Å²) in [5.74, 6) is -0.325. The summed E-state index contributed by atoms with van der Waals surface area (Å²) < 4.78 is 34.9. The van der Waals surface area contributed by atoms with Crippen LogP contribution in [0.5, 0.6) is 0 Å². The first kappa shape index (κ1) is 66.2. The number of esters is 1. The largest absolute Gasteiger partial charge is 0.756 e. The quantitative estimate of drug-likeness (QED) is 0.0197. The summed E-state index contributed by atoms with van der Waals surface area (Å²) >= 11 is 0. The van der Waals surface area contributed by atoms with Crippen molar-refractivity contribution in [2.24, 2.45) is 0 Å². The number of hydrogen-bond acceptors (Lipinski definition) is 7. The molecule has 0 rings (SSSR count). The van der Waals surface area contributed by atoms with Crippen LogP contribution < -0.4 is 4.89 Å². The first-order valence-corrected chi connectivity index (χ1v) is 30.9. The van der Waals surface area contributed by atoms with Gasteiger partial charge in [0.25, 0.3) is 7.82 Å². The zero-order chi connectivity index (χ0) is 49.0. The lowest BCUT2D eigenvalue weighted by molar-refractivity contribution is -0.870. The number of ether oxygens (including phenoxy) is 2. The van der Waals surface area contributed by atoms with Gasteiger partial charge in [0.1, 0.15) is 19.3 Å². The fourth-order valence-electron chi connectivity index (χ4n) is 8.78. The highest BCUT2D eigenvalue weighted by atomic mass is 31.2. The van der Waals surface area contributed by atoms with Gasteiger partial charge >= 0.3 is 5.97 Å². The van der Waals surface area contributed by atoms with Crippen molar-refractivity contribution in [3.8, 4) is 0 Å². The maximum Gasteiger partial charge on any atom is 0.306 e. The molecule has 2 unspecified atom stereocenters. The maximum absolute atomic E-state index is 12.8. The van der Waals surface area contributed by atoms with Gasteiger partial charge in [-0.3, -0.25) is 9.36 Å². The summed E-state index contributed by atoms with van der Waals surface area (Å²) in [6.45, 7) is 5.48. The highest BCUT2D eigenvalue weighted by molar-refractivity contribution is 7.45. The average molecular weight is 971 g/mol. The third-order valence-electron chi connectivity index (χ3n) is 13.3. The third kappa shape index (κ3) is 56.0. The number of carbonyl (C=O) groups is 1. The van der Waals surface area contributed by atoms with E-state index in [9.17, 15) is 14.3 Å². The molecular weight excluding hydrogens is 854 g/mol. The second kappa shape index (κ2) is 51.6. The summed E-state index contributed by atoms with van der Waals surface area (Å²) in [5.41, 5.74) is 0. The van der Waals surface area contributed by atoms with Gasteiger partial charge in [0.2, 0.25) is 0 Å². The minimum absolute atomic E-state index is 0.0298. The first-order valence-electron chi connectivity index (χ1n) is 29.4. The van der Waals surface area contributed by atoms with Gasteiger partial charge in [-0.05, 0) is 38.5 Å². The molecule has 0 saturated carbocycles. The number of allylic oxidation sites excluding steroid dienone is 2. The Kier molecular flexibility index (Phi) is 51.0. The van der Waals surface area contributed by atoms with Gasteiger partial charge in [0, 0.05) is 13.0 Å². The number of hydrogen-bond donors (Lipinski definition) is 0. The Morgan fingerprint density at radius 1 is 0.448 bits per heavy atom. The molecule has 0 N–H and O–H groups in total. The molecule has 8 nitrogen and oxygen atoms in total. The van der Waals surface area contributed by atoms with E-state index in [0.717, 1.165) is 32.1 Å². The number of likely N-dealkylation sites (N-methyl/N-ethyl adjacent to an activating group) is 1. The van der Waals surface area contributed by atoms with E-state index in [1.807, 2.05) is 21.1 Å². The number of phosphoric ester groups is 1. The van der Waals surface area contributed by atoms with E-state index in [1.54, 1.807) is 0 Å². The summed E-state index contributed by atoms with van der Waals surface area (Å²) in [6, 6.07) is 0. The highest BCUT2D eigenvalue weighted by Gasteiger charge is 2.20. The zero-order valence-electron chi connectivity index (χ0n) is 45.6. The fourth-order valence-corrected chi connectivity index (χ4v) is 9.51. The molecule has 400 valence electrons. The van der Waals surface area contributed by atoms with Gasteiger partial charge in [0.05, 0.1) is 34.4 Å². The van der Waals surface area contributed by atoms with Crippen molar-refractivity contribution in [2.75, 3.05) is 54.1 Å². The number of carbonyl (C=O) groups excluding carboxylic acids is 1. The summed E-state index contributed by atoms with van der Waals surface area (Å²) in [5, 5.41) is 0. The predicted octanol–water partition coefficient (Wildman–Crippen LogP) is 17.9. The Morgan fingerprint density at radius 3 is 1.13 bits per heavy atom. The van der Waals surface area contributed by atoms with E-state index in [4.69, 9.17) is 18.5 Å². The lowest BCUT2D eigenvalue weighted by Crippen LogP contribution is -2.37. The van der Waals surface area contributed by atoms with Gasteiger partial charge in [-0.2, -0.15) is 0 Å². The maximum atomic E-state index is 12.8. The minimum atomic E-state index is -4.53. The molecular formula is C58H116NO7P. The second-order valence-electron chi connectivity index (χ2n) is 21.4. The van der Waals surface area contributed by atoms with E-state index in [1.165, 1.54) is 244 Å². The lowest BCUT2D eigenvalue weighted by Gasteiger charge is -2.28. The third-order valence-corrected chi connectivity index (χ3v) is 14.3. The van der Waals surface area contributed by atoms with E-state index in [-0.39, 0.29) is 25.8 Å². The molecule has 0 aliphatic rings. The minimum Gasteiger partial charge on any atom is -0.756 e. The summed E-state index contributed by atoms with van der Waals surface area (Å²) in [6.07, 6.45) is 61.1. The van der Waals surface area contributed by atoms with Crippen LogP contribution in [0, 0.1) is 0 Å². The SMILES string of the molecule is CCCCCCCC/C=C\CCCCCCCCCCCCOCC(COP(=O)([O-])OCC[N+](C)(C)C)OC(=O)CCCCCCCCCCCCCCCCCCCCCCCCCCC. The number of quaternary nitrogens is 1. The van der Waals surface area contributed by atoms with Crippen molar-refractivity contribution in [3.63, 3.8) is 0 Å². The molecule has 0 spiro atoms. The Bertz CT molecular complexity index is 1080. The Hall–Kier alpha value is -0.760. The van der Waals surface area contributed by atoms with Crippen LogP contribution in [-0.2, 0) is 27.9 Å². The topological polar surface area (TPSA) is 94.1 Å².